The van der Waals surface area contributed by atoms with Gasteiger partial charge in [-0.1, -0.05) is 13.8 Å². The topological polar surface area (TPSA) is 34.1 Å². The minimum absolute atomic E-state index is 0.767. The Hall–Kier alpha value is -1.39. The molecule has 0 atom stereocenters. The Labute approximate surface area is 118 Å². The highest BCUT2D eigenvalue weighted by atomic mass is 32.1. The van der Waals surface area contributed by atoms with Crippen LogP contribution in [0, 0.1) is 0 Å². The van der Waals surface area contributed by atoms with Gasteiger partial charge in [0.1, 0.15) is 10.8 Å². The summed E-state index contributed by atoms with van der Waals surface area (Å²) in [6, 6.07) is 8.15. The Kier molecular flexibility index (Phi) is 5.36. The molecule has 2 aromatic rings. The lowest BCUT2D eigenvalue weighted by atomic mass is 10.2. The average molecular weight is 276 g/mol. The number of rotatable bonds is 7. The van der Waals surface area contributed by atoms with Crippen molar-refractivity contribution >= 4 is 11.3 Å². The van der Waals surface area contributed by atoms with Gasteiger partial charge >= 0.3 is 0 Å². The van der Waals surface area contributed by atoms with Gasteiger partial charge in [0.25, 0.3) is 0 Å². The highest BCUT2D eigenvalue weighted by molar-refractivity contribution is 7.09. The van der Waals surface area contributed by atoms with Crippen molar-refractivity contribution in [1.29, 1.82) is 0 Å². The van der Waals surface area contributed by atoms with Crippen molar-refractivity contribution in [3.63, 3.8) is 0 Å². The normalized spacial score (nSPS) is 10.6. The highest BCUT2D eigenvalue weighted by Gasteiger charge is 2.04. The number of hydrogen-bond acceptors (Lipinski definition) is 4. The molecule has 1 aromatic carbocycles. The maximum atomic E-state index is 5.58. The van der Waals surface area contributed by atoms with E-state index in [0.717, 1.165) is 48.1 Å². The Bertz CT molecular complexity index is 493. The summed E-state index contributed by atoms with van der Waals surface area (Å²) >= 11 is 1.70. The monoisotopic (exact) mass is 276 g/mol. The van der Waals surface area contributed by atoms with Crippen LogP contribution in [-0.2, 0) is 6.54 Å². The van der Waals surface area contributed by atoms with Crippen LogP contribution in [0.3, 0.4) is 0 Å². The summed E-state index contributed by atoms with van der Waals surface area (Å²) in [6.45, 7) is 6.79. The third-order valence-corrected chi connectivity index (χ3v) is 3.55. The van der Waals surface area contributed by atoms with E-state index in [4.69, 9.17) is 4.74 Å². The molecule has 1 aromatic heterocycles. The third-order valence-electron chi connectivity index (χ3n) is 2.70. The van der Waals surface area contributed by atoms with E-state index in [9.17, 15) is 0 Å². The molecule has 0 aliphatic carbocycles. The lowest BCUT2D eigenvalue weighted by Gasteiger charge is -2.04. The molecule has 2 rings (SSSR count). The van der Waals surface area contributed by atoms with Crippen LogP contribution in [0.25, 0.3) is 11.3 Å². The predicted octanol–water partition coefficient (Wildman–Crippen LogP) is 3.71. The van der Waals surface area contributed by atoms with Crippen LogP contribution in [0.2, 0.25) is 0 Å². The zero-order valence-corrected chi connectivity index (χ0v) is 12.3. The largest absolute Gasteiger partial charge is 0.494 e. The molecular weight excluding hydrogens is 256 g/mol. The summed E-state index contributed by atoms with van der Waals surface area (Å²) in [5.41, 5.74) is 2.18. The summed E-state index contributed by atoms with van der Waals surface area (Å²) in [5.74, 6) is 0.925. The Morgan fingerprint density at radius 1 is 1.21 bits per heavy atom. The van der Waals surface area contributed by atoms with Crippen molar-refractivity contribution in [2.24, 2.45) is 0 Å². The molecule has 19 heavy (non-hydrogen) atoms. The number of thiazole rings is 1. The number of nitrogens with one attached hydrogen (secondary N) is 1. The van der Waals surface area contributed by atoms with Gasteiger partial charge in [0.15, 0.2) is 0 Å². The molecule has 0 aliphatic heterocycles. The van der Waals surface area contributed by atoms with Crippen molar-refractivity contribution in [2.45, 2.75) is 26.8 Å². The van der Waals surface area contributed by atoms with Gasteiger partial charge in [-0.2, -0.15) is 0 Å². The van der Waals surface area contributed by atoms with E-state index in [-0.39, 0.29) is 0 Å². The van der Waals surface area contributed by atoms with Crippen LogP contribution in [-0.4, -0.2) is 18.1 Å². The zero-order chi connectivity index (χ0) is 13.5. The van der Waals surface area contributed by atoms with Gasteiger partial charge in [-0.25, -0.2) is 4.98 Å². The molecule has 102 valence electrons. The molecule has 0 saturated heterocycles. The van der Waals surface area contributed by atoms with Gasteiger partial charge in [-0.15, -0.1) is 11.3 Å². The smallest absolute Gasteiger partial charge is 0.119 e. The van der Waals surface area contributed by atoms with Gasteiger partial charge in [-0.3, -0.25) is 0 Å². The van der Waals surface area contributed by atoms with Crippen molar-refractivity contribution in [1.82, 2.24) is 10.3 Å². The van der Waals surface area contributed by atoms with Gasteiger partial charge in [-0.05, 0) is 37.2 Å². The molecule has 1 N–H and O–H groups in total. The summed E-state index contributed by atoms with van der Waals surface area (Å²) in [5, 5.41) is 6.52. The van der Waals surface area contributed by atoms with E-state index in [1.165, 1.54) is 0 Å². The number of aromatic nitrogens is 1. The van der Waals surface area contributed by atoms with Crippen molar-refractivity contribution < 1.29 is 4.74 Å². The zero-order valence-electron chi connectivity index (χ0n) is 11.5. The standard InChI is InChI=1S/C15H20N2OS/c1-3-9-18-13-7-5-12(6-8-13)14-11-19-15(17-14)10-16-4-2/h5-8,11,16H,3-4,9-10H2,1-2H3. The minimum atomic E-state index is 0.767. The Morgan fingerprint density at radius 2 is 2.00 bits per heavy atom. The molecule has 0 amide bonds. The summed E-state index contributed by atoms with van der Waals surface area (Å²) in [6.07, 6.45) is 1.03. The van der Waals surface area contributed by atoms with Crippen LogP contribution in [0.4, 0.5) is 0 Å². The molecule has 1 heterocycles. The second-order valence-electron chi connectivity index (χ2n) is 4.28. The van der Waals surface area contributed by atoms with Gasteiger partial charge < -0.3 is 10.1 Å². The number of hydrogen-bond donors (Lipinski definition) is 1. The second kappa shape index (κ2) is 7.26. The average Bonchev–Trinajstić information content (AvgIpc) is 2.92. The summed E-state index contributed by atoms with van der Waals surface area (Å²) < 4.78 is 5.58. The van der Waals surface area contributed by atoms with E-state index in [1.54, 1.807) is 11.3 Å². The highest BCUT2D eigenvalue weighted by Crippen LogP contribution is 2.24. The predicted molar refractivity (Wildman–Crippen MR) is 80.7 cm³/mol. The number of ether oxygens (including phenoxy) is 1. The maximum Gasteiger partial charge on any atom is 0.119 e. The van der Waals surface area contributed by atoms with Crippen LogP contribution in [0.5, 0.6) is 5.75 Å². The summed E-state index contributed by atoms with van der Waals surface area (Å²) in [7, 11) is 0. The quantitative estimate of drug-likeness (QED) is 0.837. The molecule has 0 spiro atoms. The minimum Gasteiger partial charge on any atom is -0.494 e. The first kappa shape index (κ1) is 14.0. The molecule has 0 fully saturated rings. The molecule has 4 heteroatoms. The third kappa shape index (κ3) is 4.04. The van der Waals surface area contributed by atoms with E-state index in [2.05, 4.69) is 41.7 Å². The van der Waals surface area contributed by atoms with Crippen molar-refractivity contribution in [3.8, 4) is 17.0 Å². The van der Waals surface area contributed by atoms with Crippen LogP contribution in [0.1, 0.15) is 25.3 Å². The molecule has 3 nitrogen and oxygen atoms in total. The fraction of sp³-hybridized carbons (Fsp3) is 0.400. The van der Waals surface area contributed by atoms with E-state index in [0.29, 0.717) is 0 Å². The fourth-order valence-electron chi connectivity index (χ4n) is 1.70. The lowest BCUT2D eigenvalue weighted by Crippen LogP contribution is -2.11. The molecular formula is C15H20N2OS. The van der Waals surface area contributed by atoms with Crippen molar-refractivity contribution in [2.75, 3.05) is 13.2 Å². The lowest BCUT2D eigenvalue weighted by molar-refractivity contribution is 0.317. The van der Waals surface area contributed by atoms with Crippen LogP contribution < -0.4 is 10.1 Å². The molecule has 0 radical (unpaired) electrons. The first-order chi connectivity index (χ1) is 9.33. The Balaban J connectivity index is 2.02. The Morgan fingerprint density at radius 3 is 2.68 bits per heavy atom. The number of benzene rings is 1. The van der Waals surface area contributed by atoms with Crippen molar-refractivity contribution in [3.05, 3.63) is 34.7 Å². The van der Waals surface area contributed by atoms with E-state index in [1.807, 2.05) is 12.1 Å². The SMILES string of the molecule is CCCOc1ccc(-c2csc(CNCC)n2)cc1. The first-order valence-electron chi connectivity index (χ1n) is 6.71. The number of nitrogens with zero attached hydrogens (tertiary/aromatic N) is 1. The maximum absolute atomic E-state index is 5.58. The summed E-state index contributed by atoms with van der Waals surface area (Å²) in [4.78, 5) is 4.63. The second-order valence-corrected chi connectivity index (χ2v) is 5.22. The van der Waals surface area contributed by atoms with Gasteiger partial charge in [0, 0.05) is 17.5 Å². The molecule has 0 saturated carbocycles. The van der Waals surface area contributed by atoms with Gasteiger partial charge in [0.05, 0.1) is 12.3 Å². The molecule has 0 aliphatic rings. The van der Waals surface area contributed by atoms with Crippen LogP contribution >= 0.6 is 11.3 Å². The molecule has 0 bridgehead atoms. The fourth-order valence-corrected chi connectivity index (χ4v) is 2.47. The van der Waals surface area contributed by atoms with E-state index >= 15 is 0 Å². The van der Waals surface area contributed by atoms with Gasteiger partial charge in [0.2, 0.25) is 0 Å². The molecule has 0 unspecified atom stereocenters. The van der Waals surface area contributed by atoms with Crippen LogP contribution in [0.15, 0.2) is 29.6 Å². The van der Waals surface area contributed by atoms with E-state index < -0.39 is 0 Å². The first-order valence-corrected chi connectivity index (χ1v) is 7.59.